The largest absolute Gasteiger partial charge is 0.507 e. The molecule has 2 rings (SSSR count). The topological polar surface area (TPSA) is 66.5 Å². The molecule has 0 bridgehead atoms. The molecule has 0 fully saturated rings. The summed E-state index contributed by atoms with van der Waals surface area (Å²) in [5.74, 6) is -0.855. The fourth-order valence-electron chi connectivity index (χ4n) is 2.14. The molecular weight excluding hydrogens is 316 g/mol. The van der Waals surface area contributed by atoms with Gasteiger partial charge < -0.3 is 15.9 Å². The molecule has 22 heavy (non-hydrogen) atoms. The summed E-state index contributed by atoms with van der Waals surface area (Å²) in [5, 5.41) is 18.8. The van der Waals surface area contributed by atoms with Gasteiger partial charge >= 0.3 is 12.4 Å². The molecule has 0 aliphatic carbocycles. The minimum absolute atomic E-state index is 0.0320. The average molecular weight is 325 g/mol. The van der Waals surface area contributed by atoms with Gasteiger partial charge in [-0.3, -0.25) is 0 Å². The Hall–Kier alpha value is -2.16. The summed E-state index contributed by atoms with van der Waals surface area (Å²) >= 11 is 0. The van der Waals surface area contributed by atoms with Crippen LogP contribution in [0.4, 0.5) is 32.0 Å². The molecule has 0 heterocycles. The lowest BCUT2D eigenvalue weighted by Crippen LogP contribution is -2.54. The molecule has 0 unspecified atom stereocenters. The van der Waals surface area contributed by atoms with E-state index < -0.39 is 35.0 Å². The molecule has 4 N–H and O–H groups in total. The number of benzene rings is 2. The molecule has 0 aliphatic heterocycles. The molecule has 0 saturated heterocycles. The van der Waals surface area contributed by atoms with Crippen LogP contribution in [-0.2, 0) is 5.60 Å². The number of rotatable bonds is 1. The predicted molar refractivity (Wildman–Crippen MR) is 66.0 cm³/mol. The van der Waals surface area contributed by atoms with Gasteiger partial charge in [-0.15, -0.1) is 0 Å². The van der Waals surface area contributed by atoms with Crippen molar-refractivity contribution in [3.63, 3.8) is 0 Å². The van der Waals surface area contributed by atoms with Crippen molar-refractivity contribution in [2.45, 2.75) is 18.0 Å². The van der Waals surface area contributed by atoms with Crippen LogP contribution in [-0.4, -0.2) is 22.6 Å². The van der Waals surface area contributed by atoms with E-state index in [9.17, 15) is 36.6 Å². The Balaban J connectivity index is 2.91. The lowest BCUT2D eigenvalue weighted by Gasteiger charge is -2.33. The summed E-state index contributed by atoms with van der Waals surface area (Å²) in [6, 6.07) is 5.33. The van der Waals surface area contributed by atoms with Gasteiger partial charge in [0.15, 0.2) is 0 Å². The molecule has 2 aromatic rings. The number of phenols is 1. The van der Waals surface area contributed by atoms with Gasteiger partial charge in [0.25, 0.3) is 5.60 Å². The van der Waals surface area contributed by atoms with Gasteiger partial charge in [-0.2, -0.15) is 26.3 Å². The summed E-state index contributed by atoms with van der Waals surface area (Å²) in [6.45, 7) is 0. The van der Waals surface area contributed by atoms with Crippen LogP contribution in [0.5, 0.6) is 5.75 Å². The lowest BCUT2D eigenvalue weighted by molar-refractivity contribution is -0.375. The van der Waals surface area contributed by atoms with Gasteiger partial charge in [-0.05, 0) is 6.07 Å². The molecular formula is C13H9F6NO2. The maximum absolute atomic E-state index is 12.9. The highest BCUT2D eigenvalue weighted by Gasteiger charge is 2.72. The molecule has 0 amide bonds. The van der Waals surface area contributed by atoms with Crippen LogP contribution in [0.3, 0.4) is 0 Å². The Morgan fingerprint density at radius 2 is 1.32 bits per heavy atom. The Morgan fingerprint density at radius 3 is 1.77 bits per heavy atom. The van der Waals surface area contributed by atoms with Gasteiger partial charge in [-0.1, -0.05) is 24.3 Å². The van der Waals surface area contributed by atoms with E-state index in [4.69, 9.17) is 5.73 Å². The molecule has 0 saturated carbocycles. The van der Waals surface area contributed by atoms with E-state index >= 15 is 0 Å². The van der Waals surface area contributed by atoms with Crippen LogP contribution < -0.4 is 5.73 Å². The van der Waals surface area contributed by atoms with Gasteiger partial charge in [0.2, 0.25) is 0 Å². The van der Waals surface area contributed by atoms with Gasteiger partial charge in [0.05, 0.1) is 0 Å². The summed E-state index contributed by atoms with van der Waals surface area (Å²) < 4.78 is 77.3. The second-order valence-corrected chi connectivity index (χ2v) is 4.61. The first-order chi connectivity index (χ1) is 9.91. The number of phenolic OH excluding ortho intramolecular Hbond substituents is 1. The molecule has 0 aromatic heterocycles. The van der Waals surface area contributed by atoms with E-state index in [1.807, 2.05) is 0 Å². The molecule has 0 spiro atoms. The van der Waals surface area contributed by atoms with Crippen molar-refractivity contribution < 1.29 is 36.6 Å². The predicted octanol–water partition coefficient (Wildman–Crippen LogP) is 3.44. The maximum Gasteiger partial charge on any atom is 0.430 e. The number of alkyl halides is 6. The lowest BCUT2D eigenvalue weighted by atomic mass is 9.88. The zero-order valence-electron chi connectivity index (χ0n) is 10.6. The second kappa shape index (κ2) is 4.67. The Kier molecular flexibility index (Phi) is 3.44. The van der Waals surface area contributed by atoms with Crippen molar-refractivity contribution in [1.29, 1.82) is 0 Å². The SMILES string of the molecule is Nc1c(C(O)(C(F)(F)F)C(F)(F)F)cc(O)c2ccccc12. The zero-order valence-corrected chi connectivity index (χ0v) is 10.6. The highest BCUT2D eigenvalue weighted by Crippen LogP contribution is 2.53. The number of hydrogen-bond donors (Lipinski definition) is 3. The van der Waals surface area contributed by atoms with E-state index in [1.165, 1.54) is 18.2 Å². The van der Waals surface area contributed by atoms with Gasteiger partial charge in [-0.25, -0.2) is 0 Å². The van der Waals surface area contributed by atoms with Crippen LogP contribution >= 0.6 is 0 Å². The molecule has 3 nitrogen and oxygen atoms in total. The van der Waals surface area contributed by atoms with E-state index in [0.29, 0.717) is 0 Å². The van der Waals surface area contributed by atoms with Crippen molar-refractivity contribution in [3.05, 3.63) is 35.9 Å². The third-order valence-corrected chi connectivity index (χ3v) is 3.27. The number of aromatic hydroxyl groups is 1. The van der Waals surface area contributed by atoms with E-state index in [1.54, 1.807) is 0 Å². The number of nitrogens with two attached hydrogens (primary N) is 1. The summed E-state index contributed by atoms with van der Waals surface area (Å²) in [4.78, 5) is 0. The van der Waals surface area contributed by atoms with Crippen molar-refractivity contribution in [1.82, 2.24) is 0 Å². The first-order valence-corrected chi connectivity index (χ1v) is 5.77. The molecule has 2 aromatic carbocycles. The summed E-state index contributed by atoms with van der Waals surface area (Å²) in [5.41, 5.74) is -2.37. The van der Waals surface area contributed by atoms with Crippen molar-refractivity contribution >= 4 is 16.5 Å². The van der Waals surface area contributed by atoms with E-state index in [-0.39, 0.29) is 16.8 Å². The van der Waals surface area contributed by atoms with Crippen molar-refractivity contribution in [2.75, 3.05) is 5.73 Å². The van der Waals surface area contributed by atoms with E-state index in [2.05, 4.69) is 0 Å². The van der Waals surface area contributed by atoms with Crippen LogP contribution in [0.2, 0.25) is 0 Å². The van der Waals surface area contributed by atoms with Crippen LogP contribution in [0.25, 0.3) is 10.8 Å². The van der Waals surface area contributed by atoms with Gasteiger partial charge in [0, 0.05) is 22.0 Å². The van der Waals surface area contributed by atoms with Gasteiger partial charge in [0.1, 0.15) is 5.75 Å². The molecule has 120 valence electrons. The van der Waals surface area contributed by atoms with Crippen LogP contribution in [0.1, 0.15) is 5.56 Å². The highest BCUT2D eigenvalue weighted by molar-refractivity contribution is 5.98. The monoisotopic (exact) mass is 325 g/mol. The standard InChI is InChI=1S/C13H9F6NO2/c14-12(15,16)11(22,13(17,18)19)8-5-9(21)6-3-1-2-4-7(6)10(8)20/h1-5,21-22H,20H2. The van der Waals surface area contributed by atoms with Crippen molar-refractivity contribution in [3.8, 4) is 5.75 Å². The third-order valence-electron chi connectivity index (χ3n) is 3.27. The summed E-state index contributed by atoms with van der Waals surface area (Å²) in [7, 11) is 0. The average Bonchev–Trinajstić information content (AvgIpc) is 2.39. The highest BCUT2D eigenvalue weighted by atomic mass is 19.4. The molecule has 9 heteroatoms. The first-order valence-electron chi connectivity index (χ1n) is 5.77. The number of halogens is 6. The number of fused-ring (bicyclic) bond motifs is 1. The van der Waals surface area contributed by atoms with Crippen LogP contribution in [0, 0.1) is 0 Å². The Bertz CT molecular complexity index is 709. The fourth-order valence-corrected chi connectivity index (χ4v) is 2.14. The number of nitrogen functional groups attached to an aromatic ring is 1. The van der Waals surface area contributed by atoms with Crippen molar-refractivity contribution in [2.24, 2.45) is 0 Å². The number of hydrogen-bond acceptors (Lipinski definition) is 3. The Morgan fingerprint density at radius 1 is 0.864 bits per heavy atom. The molecule has 0 aliphatic rings. The minimum atomic E-state index is -6.08. The quantitative estimate of drug-likeness (QED) is 0.427. The maximum atomic E-state index is 12.9. The zero-order chi connectivity index (χ0) is 16.9. The fraction of sp³-hybridized carbons (Fsp3) is 0.231. The normalized spacial score (nSPS) is 13.6. The number of aliphatic hydroxyl groups is 1. The summed E-state index contributed by atoms with van der Waals surface area (Å²) in [6.07, 6.45) is -12.2. The number of anilines is 1. The first kappa shape index (κ1) is 16.2. The van der Waals surface area contributed by atoms with Crippen LogP contribution in [0.15, 0.2) is 30.3 Å². The smallest absolute Gasteiger partial charge is 0.430 e. The van der Waals surface area contributed by atoms with E-state index in [0.717, 1.165) is 6.07 Å². The molecule has 0 radical (unpaired) electrons. The minimum Gasteiger partial charge on any atom is -0.507 e. The Labute approximate surface area is 119 Å². The third kappa shape index (κ3) is 2.12. The second-order valence-electron chi connectivity index (χ2n) is 4.61. The molecule has 0 atom stereocenters.